The van der Waals surface area contributed by atoms with Gasteiger partial charge in [-0.1, -0.05) is 6.07 Å². The number of anilines is 1. The van der Waals surface area contributed by atoms with Crippen molar-refractivity contribution in [2.45, 2.75) is 12.7 Å². The Kier molecular flexibility index (Phi) is 8.17. The number of nitrogens with one attached hydrogen (secondary N) is 3. The molecule has 11 heteroatoms. The molecule has 0 saturated carbocycles. The van der Waals surface area contributed by atoms with E-state index in [1.165, 1.54) is 12.3 Å². The predicted molar refractivity (Wildman–Crippen MR) is 114 cm³/mol. The van der Waals surface area contributed by atoms with Gasteiger partial charge in [-0.25, -0.2) is 4.98 Å². The maximum atomic E-state index is 12.9. The first-order valence-electron chi connectivity index (χ1n) is 8.56. The van der Waals surface area contributed by atoms with E-state index in [0.717, 1.165) is 11.6 Å². The Morgan fingerprint density at radius 2 is 1.93 bits per heavy atom. The van der Waals surface area contributed by atoms with E-state index in [1.807, 2.05) is 18.2 Å². The minimum Gasteiger partial charge on any atom is -0.454 e. The van der Waals surface area contributed by atoms with E-state index in [9.17, 15) is 13.2 Å². The third-order valence-electron chi connectivity index (χ3n) is 3.94. The Morgan fingerprint density at radius 1 is 1.14 bits per heavy atom. The largest absolute Gasteiger partial charge is 0.454 e. The van der Waals surface area contributed by atoms with E-state index in [0.29, 0.717) is 30.5 Å². The van der Waals surface area contributed by atoms with E-state index in [1.54, 1.807) is 7.05 Å². The highest BCUT2D eigenvalue weighted by Crippen LogP contribution is 2.33. The Bertz CT molecular complexity index is 848. The lowest BCUT2D eigenvalue weighted by molar-refractivity contribution is -0.137. The summed E-state index contributed by atoms with van der Waals surface area (Å²) in [4.78, 5) is 7.85. The number of ether oxygens (including phenoxy) is 2. The molecule has 1 aromatic heterocycles. The number of alkyl halides is 3. The number of aliphatic imine (C=N–C) groups is 1. The van der Waals surface area contributed by atoms with Crippen LogP contribution >= 0.6 is 24.0 Å². The molecule has 0 saturated heterocycles. The fourth-order valence-corrected chi connectivity index (χ4v) is 2.59. The second kappa shape index (κ2) is 10.4. The number of halogens is 4. The first-order valence-corrected chi connectivity index (χ1v) is 8.56. The van der Waals surface area contributed by atoms with Gasteiger partial charge in [0, 0.05) is 32.9 Å². The van der Waals surface area contributed by atoms with Crippen LogP contribution in [0, 0.1) is 0 Å². The predicted octanol–water partition coefficient (Wildman–Crippen LogP) is 3.22. The van der Waals surface area contributed by atoms with Gasteiger partial charge < -0.3 is 25.4 Å². The number of hydrogen-bond donors (Lipinski definition) is 3. The molecule has 2 aromatic rings. The Morgan fingerprint density at radius 3 is 2.69 bits per heavy atom. The third kappa shape index (κ3) is 6.27. The van der Waals surface area contributed by atoms with Gasteiger partial charge in [0.1, 0.15) is 5.82 Å². The van der Waals surface area contributed by atoms with E-state index in [-0.39, 0.29) is 43.1 Å². The van der Waals surface area contributed by atoms with Crippen molar-refractivity contribution in [1.29, 1.82) is 0 Å². The summed E-state index contributed by atoms with van der Waals surface area (Å²) < 4.78 is 49.4. The lowest BCUT2D eigenvalue weighted by atomic mass is 10.2. The molecule has 7 nitrogen and oxygen atoms in total. The number of hydrogen-bond acceptors (Lipinski definition) is 5. The average molecular weight is 523 g/mol. The second-order valence-corrected chi connectivity index (χ2v) is 5.86. The highest BCUT2D eigenvalue weighted by molar-refractivity contribution is 14.0. The molecule has 0 spiro atoms. The van der Waals surface area contributed by atoms with Crippen molar-refractivity contribution in [1.82, 2.24) is 15.6 Å². The van der Waals surface area contributed by atoms with Gasteiger partial charge in [-0.15, -0.1) is 24.0 Å². The summed E-state index contributed by atoms with van der Waals surface area (Å²) in [6.45, 7) is 1.32. The van der Waals surface area contributed by atoms with Crippen LogP contribution in [0.3, 0.4) is 0 Å². The standard InChI is InChI=1S/C18H20F3N5O2.HI/c1-22-17(26-10-12-4-5-14-15(9-12)28-11-27-14)25-8-7-24-16-13(18(19,20)21)3-2-6-23-16;/h2-6,9H,7-8,10-11H2,1H3,(H,23,24)(H2,22,25,26);1H. The molecule has 1 aliphatic heterocycles. The number of benzene rings is 1. The van der Waals surface area contributed by atoms with Crippen LogP contribution in [0.4, 0.5) is 19.0 Å². The molecular weight excluding hydrogens is 502 g/mol. The van der Waals surface area contributed by atoms with Crippen molar-refractivity contribution in [2.75, 3.05) is 32.2 Å². The summed E-state index contributed by atoms with van der Waals surface area (Å²) in [5.74, 6) is 1.74. The summed E-state index contributed by atoms with van der Waals surface area (Å²) in [6.07, 6.45) is -3.14. The van der Waals surface area contributed by atoms with Gasteiger partial charge in [0.2, 0.25) is 6.79 Å². The number of pyridine rings is 1. The average Bonchev–Trinajstić information content (AvgIpc) is 3.15. The molecule has 1 aliphatic rings. The summed E-state index contributed by atoms with van der Waals surface area (Å²) in [6, 6.07) is 7.88. The summed E-state index contributed by atoms with van der Waals surface area (Å²) in [5, 5.41) is 8.86. The lowest BCUT2D eigenvalue weighted by Crippen LogP contribution is -2.39. The van der Waals surface area contributed by atoms with Crippen molar-refractivity contribution < 1.29 is 22.6 Å². The Hall–Kier alpha value is -2.44. The molecule has 0 atom stereocenters. The summed E-state index contributed by atoms with van der Waals surface area (Å²) in [5.41, 5.74) is 0.189. The minimum absolute atomic E-state index is 0. The molecule has 0 unspecified atom stereocenters. The fraction of sp³-hybridized carbons (Fsp3) is 0.333. The fourth-order valence-electron chi connectivity index (χ4n) is 2.59. The van der Waals surface area contributed by atoms with Crippen LogP contribution in [0.25, 0.3) is 0 Å². The van der Waals surface area contributed by atoms with Crippen LogP contribution in [0.5, 0.6) is 11.5 Å². The van der Waals surface area contributed by atoms with Crippen LogP contribution in [0.15, 0.2) is 41.5 Å². The molecule has 0 radical (unpaired) electrons. The lowest BCUT2D eigenvalue weighted by Gasteiger charge is -2.15. The molecule has 3 rings (SSSR count). The molecule has 3 N–H and O–H groups in total. The van der Waals surface area contributed by atoms with Crippen molar-refractivity contribution in [2.24, 2.45) is 4.99 Å². The highest BCUT2D eigenvalue weighted by Gasteiger charge is 2.33. The third-order valence-corrected chi connectivity index (χ3v) is 3.94. The van der Waals surface area contributed by atoms with Gasteiger partial charge in [0.15, 0.2) is 17.5 Å². The zero-order valence-electron chi connectivity index (χ0n) is 15.5. The zero-order chi connectivity index (χ0) is 20.0. The van der Waals surface area contributed by atoms with Crippen LogP contribution in [0.2, 0.25) is 0 Å². The second-order valence-electron chi connectivity index (χ2n) is 5.86. The van der Waals surface area contributed by atoms with E-state index >= 15 is 0 Å². The summed E-state index contributed by atoms with van der Waals surface area (Å²) in [7, 11) is 1.61. The highest BCUT2D eigenvalue weighted by atomic mass is 127. The SMILES string of the molecule is CN=C(NCCNc1ncccc1C(F)(F)F)NCc1ccc2c(c1)OCO2.I. The van der Waals surface area contributed by atoms with Gasteiger partial charge in [-0.3, -0.25) is 4.99 Å². The van der Waals surface area contributed by atoms with Crippen LogP contribution in [-0.2, 0) is 12.7 Å². The number of fused-ring (bicyclic) bond motifs is 1. The minimum atomic E-state index is -4.45. The zero-order valence-corrected chi connectivity index (χ0v) is 17.9. The van der Waals surface area contributed by atoms with Crippen molar-refractivity contribution >= 4 is 35.8 Å². The molecule has 1 aromatic carbocycles. The normalized spacial score (nSPS) is 12.9. The van der Waals surface area contributed by atoms with E-state index in [2.05, 4.69) is 25.9 Å². The Balaban J connectivity index is 0.00000300. The first kappa shape index (κ1) is 22.8. The molecule has 158 valence electrons. The van der Waals surface area contributed by atoms with Crippen molar-refractivity contribution in [3.63, 3.8) is 0 Å². The molecule has 0 fully saturated rings. The van der Waals surface area contributed by atoms with Crippen LogP contribution in [-0.4, -0.2) is 37.9 Å². The Labute approximate surface area is 183 Å². The maximum Gasteiger partial charge on any atom is 0.419 e. The quantitative estimate of drug-likeness (QED) is 0.234. The van der Waals surface area contributed by atoms with Gasteiger partial charge in [-0.05, 0) is 29.8 Å². The number of aromatic nitrogens is 1. The molecule has 0 aliphatic carbocycles. The molecule has 29 heavy (non-hydrogen) atoms. The smallest absolute Gasteiger partial charge is 0.419 e. The molecule has 0 bridgehead atoms. The van der Waals surface area contributed by atoms with Gasteiger partial charge >= 0.3 is 6.18 Å². The molecular formula is C18H21F3IN5O2. The topological polar surface area (TPSA) is 79.8 Å². The first-order chi connectivity index (χ1) is 13.5. The summed E-state index contributed by atoms with van der Waals surface area (Å²) >= 11 is 0. The maximum absolute atomic E-state index is 12.9. The van der Waals surface area contributed by atoms with Crippen molar-refractivity contribution in [3.05, 3.63) is 47.7 Å². The van der Waals surface area contributed by atoms with E-state index in [4.69, 9.17) is 9.47 Å². The number of nitrogens with zero attached hydrogens (tertiary/aromatic N) is 2. The monoisotopic (exact) mass is 523 g/mol. The van der Waals surface area contributed by atoms with Gasteiger partial charge in [0.25, 0.3) is 0 Å². The van der Waals surface area contributed by atoms with E-state index < -0.39 is 11.7 Å². The molecule has 2 heterocycles. The van der Waals surface area contributed by atoms with Crippen LogP contribution in [0.1, 0.15) is 11.1 Å². The number of guanidine groups is 1. The van der Waals surface area contributed by atoms with Gasteiger partial charge in [0.05, 0.1) is 5.56 Å². The molecule has 0 amide bonds. The van der Waals surface area contributed by atoms with Crippen LogP contribution < -0.4 is 25.4 Å². The number of rotatable bonds is 6. The van der Waals surface area contributed by atoms with Crippen molar-refractivity contribution in [3.8, 4) is 11.5 Å². The van der Waals surface area contributed by atoms with Gasteiger partial charge in [-0.2, -0.15) is 13.2 Å².